The van der Waals surface area contributed by atoms with Crippen LogP contribution in [0.3, 0.4) is 0 Å². The van der Waals surface area contributed by atoms with Gasteiger partial charge in [0.05, 0.1) is 18.6 Å². The molecule has 1 aliphatic carbocycles. The first-order chi connectivity index (χ1) is 13.6. The van der Waals surface area contributed by atoms with Crippen LogP contribution >= 0.6 is 0 Å². The zero-order valence-corrected chi connectivity index (χ0v) is 17.3. The maximum absolute atomic E-state index is 12.9. The standard InChI is InChI=1S/C23H34N2O3/c1-3-28-22(27)19-11-15-25(16-12-19)21(26)18(2)24-17-23(13-7-8-14-23)20-9-5-4-6-10-20/h4-6,9-10,18-19,24H,3,7-8,11-17H2,1-2H3. The van der Waals surface area contributed by atoms with E-state index in [4.69, 9.17) is 4.74 Å². The number of likely N-dealkylation sites (tertiary alicyclic amines) is 1. The minimum Gasteiger partial charge on any atom is -0.466 e. The zero-order chi connectivity index (χ0) is 20.0. The van der Waals surface area contributed by atoms with E-state index < -0.39 is 0 Å². The van der Waals surface area contributed by atoms with Crippen molar-refractivity contribution in [3.05, 3.63) is 35.9 Å². The fraction of sp³-hybridized carbons (Fsp3) is 0.652. The lowest BCUT2D eigenvalue weighted by Gasteiger charge is -2.35. The van der Waals surface area contributed by atoms with Crippen LogP contribution in [0.1, 0.15) is 57.9 Å². The van der Waals surface area contributed by atoms with Crippen molar-refractivity contribution in [2.24, 2.45) is 5.92 Å². The quantitative estimate of drug-likeness (QED) is 0.731. The third-order valence-corrected chi connectivity index (χ3v) is 6.49. The van der Waals surface area contributed by atoms with Gasteiger partial charge in [0.25, 0.3) is 0 Å². The normalized spacial score (nSPS) is 20.7. The monoisotopic (exact) mass is 386 g/mol. The van der Waals surface area contributed by atoms with Crippen LogP contribution in [0, 0.1) is 5.92 Å². The van der Waals surface area contributed by atoms with Crippen LogP contribution in [0.2, 0.25) is 0 Å². The highest BCUT2D eigenvalue weighted by Gasteiger charge is 2.36. The maximum atomic E-state index is 12.9. The molecule has 5 heteroatoms. The highest BCUT2D eigenvalue weighted by Crippen LogP contribution is 2.40. The molecule has 0 aromatic heterocycles. The maximum Gasteiger partial charge on any atom is 0.309 e. The average molecular weight is 387 g/mol. The minimum absolute atomic E-state index is 0.0629. The summed E-state index contributed by atoms with van der Waals surface area (Å²) in [7, 11) is 0. The zero-order valence-electron chi connectivity index (χ0n) is 17.3. The number of carbonyl (C=O) groups excluding carboxylic acids is 2. The van der Waals surface area contributed by atoms with Gasteiger partial charge in [-0.25, -0.2) is 0 Å². The third kappa shape index (κ3) is 4.75. The number of nitrogens with one attached hydrogen (secondary N) is 1. The van der Waals surface area contributed by atoms with Crippen LogP contribution in [-0.2, 0) is 19.7 Å². The van der Waals surface area contributed by atoms with E-state index in [1.165, 1.54) is 31.2 Å². The molecule has 1 saturated carbocycles. The molecule has 1 N–H and O–H groups in total. The second kappa shape index (κ2) is 9.55. The number of ether oxygens (including phenoxy) is 1. The van der Waals surface area contributed by atoms with Gasteiger partial charge in [0.1, 0.15) is 0 Å². The van der Waals surface area contributed by atoms with Crippen LogP contribution in [0.25, 0.3) is 0 Å². The molecule has 0 spiro atoms. The fourth-order valence-corrected chi connectivity index (χ4v) is 4.72. The molecule has 2 fully saturated rings. The molecule has 5 nitrogen and oxygen atoms in total. The molecule has 0 radical (unpaired) electrons. The lowest BCUT2D eigenvalue weighted by molar-refractivity contribution is -0.151. The predicted octanol–water partition coefficient (Wildman–Crippen LogP) is 3.28. The number of hydrogen-bond acceptors (Lipinski definition) is 4. The number of carbonyl (C=O) groups is 2. The minimum atomic E-state index is -0.208. The van der Waals surface area contributed by atoms with E-state index in [1.807, 2.05) is 18.7 Å². The fourth-order valence-electron chi connectivity index (χ4n) is 4.72. The van der Waals surface area contributed by atoms with Crippen molar-refractivity contribution in [2.75, 3.05) is 26.2 Å². The molecular weight excluding hydrogens is 352 g/mol. The largest absolute Gasteiger partial charge is 0.466 e. The third-order valence-electron chi connectivity index (χ3n) is 6.49. The molecule has 1 aromatic rings. The van der Waals surface area contributed by atoms with Gasteiger partial charge < -0.3 is 15.0 Å². The summed E-state index contributed by atoms with van der Waals surface area (Å²) >= 11 is 0. The highest BCUT2D eigenvalue weighted by atomic mass is 16.5. The average Bonchev–Trinajstić information content (AvgIpc) is 3.22. The summed E-state index contributed by atoms with van der Waals surface area (Å²) in [6, 6.07) is 10.5. The van der Waals surface area contributed by atoms with Gasteiger partial charge in [-0.3, -0.25) is 9.59 Å². The first-order valence-corrected chi connectivity index (χ1v) is 10.8. The molecule has 28 heavy (non-hydrogen) atoms. The van der Waals surface area contributed by atoms with Crippen LogP contribution in [0.15, 0.2) is 30.3 Å². The molecule has 1 saturated heterocycles. The van der Waals surface area contributed by atoms with Gasteiger partial charge in [-0.1, -0.05) is 43.2 Å². The van der Waals surface area contributed by atoms with E-state index in [2.05, 4.69) is 35.6 Å². The van der Waals surface area contributed by atoms with Crippen LogP contribution in [0.4, 0.5) is 0 Å². The van der Waals surface area contributed by atoms with Crippen molar-refractivity contribution in [2.45, 2.75) is 63.8 Å². The predicted molar refractivity (Wildman–Crippen MR) is 110 cm³/mol. The molecule has 3 rings (SSSR count). The first kappa shape index (κ1) is 20.8. The molecule has 2 aliphatic rings. The van der Waals surface area contributed by atoms with E-state index >= 15 is 0 Å². The second-order valence-electron chi connectivity index (χ2n) is 8.31. The molecule has 1 unspecified atom stereocenters. The van der Waals surface area contributed by atoms with Crippen LogP contribution in [-0.4, -0.2) is 49.1 Å². The molecule has 1 atom stereocenters. The topological polar surface area (TPSA) is 58.6 Å². The molecule has 0 bridgehead atoms. The summed E-state index contributed by atoms with van der Waals surface area (Å²) in [5, 5.41) is 3.53. The number of hydrogen-bond donors (Lipinski definition) is 1. The Labute approximate surface area is 168 Å². The van der Waals surface area contributed by atoms with Gasteiger partial charge >= 0.3 is 5.97 Å². The van der Waals surface area contributed by atoms with Gasteiger partial charge in [0.2, 0.25) is 5.91 Å². The Morgan fingerprint density at radius 1 is 1.18 bits per heavy atom. The van der Waals surface area contributed by atoms with E-state index in [0.29, 0.717) is 32.5 Å². The summed E-state index contributed by atoms with van der Waals surface area (Å²) in [4.78, 5) is 26.7. The summed E-state index contributed by atoms with van der Waals surface area (Å²) in [5.41, 5.74) is 1.53. The van der Waals surface area contributed by atoms with Gasteiger partial charge in [-0.2, -0.15) is 0 Å². The van der Waals surface area contributed by atoms with E-state index in [0.717, 1.165) is 6.54 Å². The Hall–Kier alpha value is -1.88. The van der Waals surface area contributed by atoms with E-state index in [9.17, 15) is 9.59 Å². The molecule has 154 valence electrons. The summed E-state index contributed by atoms with van der Waals surface area (Å²) < 4.78 is 5.12. The summed E-state index contributed by atoms with van der Waals surface area (Å²) in [6.45, 7) is 6.32. The van der Waals surface area contributed by atoms with Crippen LogP contribution in [0.5, 0.6) is 0 Å². The molecular formula is C23H34N2O3. The van der Waals surface area contributed by atoms with Gasteiger partial charge in [0.15, 0.2) is 0 Å². The number of rotatable bonds is 7. The van der Waals surface area contributed by atoms with Crippen molar-refractivity contribution in [3.63, 3.8) is 0 Å². The Morgan fingerprint density at radius 3 is 2.43 bits per heavy atom. The first-order valence-electron chi connectivity index (χ1n) is 10.8. The second-order valence-corrected chi connectivity index (χ2v) is 8.31. The lowest BCUT2D eigenvalue weighted by Crippen LogP contribution is -2.51. The highest BCUT2D eigenvalue weighted by molar-refractivity contribution is 5.82. The Bertz CT molecular complexity index is 647. The Morgan fingerprint density at radius 2 is 1.82 bits per heavy atom. The van der Waals surface area contributed by atoms with Crippen molar-refractivity contribution >= 4 is 11.9 Å². The van der Waals surface area contributed by atoms with E-state index in [1.54, 1.807) is 0 Å². The van der Waals surface area contributed by atoms with Gasteiger partial charge in [0, 0.05) is 25.0 Å². The Balaban J connectivity index is 1.52. The number of esters is 1. The summed E-state index contributed by atoms with van der Waals surface area (Å²) in [6.07, 6.45) is 6.25. The number of piperidine rings is 1. The van der Waals surface area contributed by atoms with Crippen LogP contribution < -0.4 is 5.32 Å². The SMILES string of the molecule is CCOC(=O)C1CCN(C(=O)C(C)NCC2(c3ccccc3)CCCC2)CC1. The number of nitrogens with zero attached hydrogens (tertiary/aromatic N) is 1. The van der Waals surface area contributed by atoms with Crippen molar-refractivity contribution in [3.8, 4) is 0 Å². The Kier molecular flexibility index (Phi) is 7.11. The van der Waals surface area contributed by atoms with Crippen molar-refractivity contribution in [1.29, 1.82) is 0 Å². The smallest absolute Gasteiger partial charge is 0.309 e. The molecule has 1 heterocycles. The van der Waals surface area contributed by atoms with Gasteiger partial charge in [-0.15, -0.1) is 0 Å². The number of amides is 1. The van der Waals surface area contributed by atoms with E-state index in [-0.39, 0.29) is 29.3 Å². The number of benzene rings is 1. The summed E-state index contributed by atoms with van der Waals surface area (Å²) in [5.74, 6) is -0.0394. The molecule has 1 amide bonds. The molecule has 1 aromatic carbocycles. The lowest BCUT2D eigenvalue weighted by atomic mass is 9.78. The van der Waals surface area contributed by atoms with Crippen molar-refractivity contribution in [1.82, 2.24) is 10.2 Å². The van der Waals surface area contributed by atoms with Crippen molar-refractivity contribution < 1.29 is 14.3 Å². The molecule has 1 aliphatic heterocycles. The van der Waals surface area contributed by atoms with Gasteiger partial charge in [-0.05, 0) is 45.1 Å².